The highest BCUT2D eigenvalue weighted by Gasteiger charge is 2.24. The van der Waals surface area contributed by atoms with Crippen molar-refractivity contribution in [3.8, 4) is 22.6 Å². The van der Waals surface area contributed by atoms with E-state index < -0.39 is 5.60 Å². The molecule has 4 aromatic heterocycles. The summed E-state index contributed by atoms with van der Waals surface area (Å²) >= 11 is 0. The average Bonchev–Trinajstić information content (AvgIpc) is 3.44. The van der Waals surface area contributed by atoms with Gasteiger partial charge in [0.25, 0.3) is 0 Å². The van der Waals surface area contributed by atoms with Gasteiger partial charge in [0.2, 0.25) is 0 Å². The standard InChI is InChI=1S/C23H27N7O2/c1-15-13-32-11-10-30(15)20-12-17(18-6-9-29(28-18)14-23(2,3)31)16-4-7-24-22(21(16)26-20)19-5-8-25-27-19/h4-9,12,15,31H,10-11,13-14H2,1-3H3,(H,25,27)/t15-/m1/s1. The third-order valence-electron chi connectivity index (χ3n) is 5.60. The number of hydrogen-bond acceptors (Lipinski definition) is 7. The number of aliphatic hydroxyl groups is 1. The second kappa shape index (κ2) is 7.99. The molecule has 0 aliphatic carbocycles. The molecule has 0 spiro atoms. The van der Waals surface area contributed by atoms with Crippen molar-refractivity contribution in [1.29, 1.82) is 0 Å². The summed E-state index contributed by atoms with van der Waals surface area (Å²) in [4.78, 5) is 11.9. The van der Waals surface area contributed by atoms with Gasteiger partial charge in [-0.1, -0.05) is 0 Å². The van der Waals surface area contributed by atoms with Crippen molar-refractivity contribution in [2.45, 2.75) is 39.0 Å². The number of ether oxygens (including phenoxy) is 1. The number of nitrogens with zero attached hydrogens (tertiary/aromatic N) is 6. The molecule has 5 rings (SSSR count). The first kappa shape index (κ1) is 20.6. The Morgan fingerprint density at radius 2 is 2.12 bits per heavy atom. The molecule has 2 N–H and O–H groups in total. The number of H-pyrrole nitrogens is 1. The SMILES string of the molecule is C[C@@H]1COCCN1c1cc(-c2ccn(CC(C)(C)O)n2)c2ccnc(-c3ccn[nH]3)c2n1. The Kier molecular flexibility index (Phi) is 5.15. The molecule has 1 fully saturated rings. The summed E-state index contributed by atoms with van der Waals surface area (Å²) < 4.78 is 7.41. The highest BCUT2D eigenvalue weighted by atomic mass is 16.5. The zero-order chi connectivity index (χ0) is 22.3. The van der Waals surface area contributed by atoms with Gasteiger partial charge in [-0.15, -0.1) is 0 Å². The molecule has 0 aromatic carbocycles. The van der Waals surface area contributed by atoms with Crippen molar-refractivity contribution in [2.75, 3.05) is 24.7 Å². The third kappa shape index (κ3) is 3.96. The topological polar surface area (TPSA) is 105 Å². The number of aromatic nitrogens is 6. The fraction of sp³-hybridized carbons (Fsp3) is 0.391. The van der Waals surface area contributed by atoms with Crippen LogP contribution in [0.1, 0.15) is 20.8 Å². The normalized spacial score (nSPS) is 17.2. The summed E-state index contributed by atoms with van der Waals surface area (Å²) in [5, 5.41) is 23.0. The van der Waals surface area contributed by atoms with E-state index in [0.717, 1.165) is 45.9 Å². The van der Waals surface area contributed by atoms with Crippen LogP contribution in [0.3, 0.4) is 0 Å². The maximum atomic E-state index is 10.2. The summed E-state index contributed by atoms with van der Waals surface area (Å²) in [7, 11) is 0. The lowest BCUT2D eigenvalue weighted by Gasteiger charge is -2.34. The Hall–Kier alpha value is -3.30. The monoisotopic (exact) mass is 433 g/mol. The molecule has 0 unspecified atom stereocenters. The molecule has 1 saturated heterocycles. The van der Waals surface area contributed by atoms with Crippen molar-refractivity contribution < 1.29 is 9.84 Å². The van der Waals surface area contributed by atoms with Crippen molar-refractivity contribution >= 4 is 16.7 Å². The zero-order valence-electron chi connectivity index (χ0n) is 18.5. The molecule has 1 aliphatic rings. The van der Waals surface area contributed by atoms with Gasteiger partial charge in [0.15, 0.2) is 0 Å². The van der Waals surface area contributed by atoms with Crippen LogP contribution in [0.5, 0.6) is 0 Å². The predicted octanol–water partition coefficient (Wildman–Crippen LogP) is 2.88. The van der Waals surface area contributed by atoms with Crippen LogP contribution in [0.25, 0.3) is 33.5 Å². The molecule has 1 atom stereocenters. The molecular weight excluding hydrogens is 406 g/mol. The van der Waals surface area contributed by atoms with Crippen molar-refractivity contribution in [2.24, 2.45) is 0 Å². The first-order valence-corrected chi connectivity index (χ1v) is 10.8. The van der Waals surface area contributed by atoms with E-state index in [1.54, 1.807) is 30.9 Å². The first-order chi connectivity index (χ1) is 15.4. The van der Waals surface area contributed by atoms with Crippen molar-refractivity contribution in [3.63, 3.8) is 0 Å². The number of nitrogens with one attached hydrogen (secondary N) is 1. The smallest absolute Gasteiger partial charge is 0.130 e. The van der Waals surface area contributed by atoms with Crippen LogP contribution in [-0.4, -0.2) is 66.5 Å². The summed E-state index contributed by atoms with van der Waals surface area (Å²) in [6.45, 7) is 8.20. The van der Waals surface area contributed by atoms with E-state index in [9.17, 15) is 5.11 Å². The summed E-state index contributed by atoms with van der Waals surface area (Å²) in [5.41, 5.74) is 3.30. The average molecular weight is 434 g/mol. The lowest BCUT2D eigenvalue weighted by atomic mass is 10.0. The van der Waals surface area contributed by atoms with Gasteiger partial charge in [-0.05, 0) is 45.0 Å². The van der Waals surface area contributed by atoms with Gasteiger partial charge in [0.1, 0.15) is 17.0 Å². The van der Waals surface area contributed by atoms with Gasteiger partial charge >= 0.3 is 0 Å². The van der Waals surface area contributed by atoms with E-state index in [4.69, 9.17) is 14.8 Å². The molecule has 4 aromatic rings. The minimum absolute atomic E-state index is 0.210. The number of rotatable bonds is 5. The van der Waals surface area contributed by atoms with Gasteiger partial charge in [0, 0.05) is 36.1 Å². The molecule has 9 nitrogen and oxygen atoms in total. The molecule has 0 bridgehead atoms. The highest BCUT2D eigenvalue weighted by Crippen LogP contribution is 2.35. The quantitative estimate of drug-likeness (QED) is 0.499. The number of morpholine rings is 1. The minimum Gasteiger partial charge on any atom is -0.389 e. The second-order valence-corrected chi connectivity index (χ2v) is 8.88. The van der Waals surface area contributed by atoms with Crippen LogP contribution in [0.4, 0.5) is 5.82 Å². The predicted molar refractivity (Wildman–Crippen MR) is 122 cm³/mol. The van der Waals surface area contributed by atoms with Crippen LogP contribution >= 0.6 is 0 Å². The second-order valence-electron chi connectivity index (χ2n) is 8.88. The van der Waals surface area contributed by atoms with E-state index in [-0.39, 0.29) is 6.04 Å². The van der Waals surface area contributed by atoms with E-state index in [1.807, 2.05) is 24.4 Å². The molecule has 9 heteroatoms. The summed E-state index contributed by atoms with van der Waals surface area (Å²) in [6, 6.07) is 8.15. The minimum atomic E-state index is -0.851. The molecule has 0 radical (unpaired) electrons. The van der Waals surface area contributed by atoms with Crippen LogP contribution in [0, 0.1) is 0 Å². The molecule has 5 heterocycles. The van der Waals surface area contributed by atoms with Gasteiger partial charge < -0.3 is 14.7 Å². The van der Waals surface area contributed by atoms with Gasteiger partial charge in [-0.25, -0.2) is 4.98 Å². The zero-order valence-corrected chi connectivity index (χ0v) is 18.5. The molecular formula is C23H27N7O2. The molecule has 1 aliphatic heterocycles. The Morgan fingerprint density at radius 1 is 1.25 bits per heavy atom. The van der Waals surface area contributed by atoms with Crippen molar-refractivity contribution in [3.05, 3.63) is 42.9 Å². The van der Waals surface area contributed by atoms with Gasteiger partial charge in [-0.3, -0.25) is 14.8 Å². The third-order valence-corrected chi connectivity index (χ3v) is 5.60. The highest BCUT2D eigenvalue weighted by molar-refractivity contribution is 6.00. The van der Waals surface area contributed by atoms with E-state index in [1.165, 1.54) is 0 Å². The Labute approximate surface area is 186 Å². The van der Waals surface area contributed by atoms with Gasteiger partial charge in [-0.2, -0.15) is 10.2 Å². The van der Waals surface area contributed by atoms with Crippen LogP contribution in [0.15, 0.2) is 42.9 Å². The first-order valence-electron chi connectivity index (χ1n) is 10.8. The molecule has 32 heavy (non-hydrogen) atoms. The number of pyridine rings is 2. The number of hydrogen-bond donors (Lipinski definition) is 2. The summed E-state index contributed by atoms with van der Waals surface area (Å²) in [5.74, 6) is 0.870. The lowest BCUT2D eigenvalue weighted by Crippen LogP contribution is -2.44. The van der Waals surface area contributed by atoms with E-state index in [0.29, 0.717) is 19.8 Å². The van der Waals surface area contributed by atoms with Crippen molar-refractivity contribution in [1.82, 2.24) is 29.9 Å². The fourth-order valence-electron chi connectivity index (χ4n) is 4.14. The summed E-state index contributed by atoms with van der Waals surface area (Å²) in [6.07, 6.45) is 5.39. The maximum absolute atomic E-state index is 10.2. The number of anilines is 1. The lowest BCUT2D eigenvalue weighted by molar-refractivity contribution is 0.0578. The number of fused-ring (bicyclic) bond motifs is 1. The Balaban J connectivity index is 1.70. The van der Waals surface area contributed by atoms with Gasteiger partial charge in [0.05, 0.1) is 42.8 Å². The van der Waals surface area contributed by atoms with Crippen LogP contribution < -0.4 is 4.90 Å². The Morgan fingerprint density at radius 3 is 2.88 bits per heavy atom. The molecule has 0 amide bonds. The van der Waals surface area contributed by atoms with E-state index >= 15 is 0 Å². The van der Waals surface area contributed by atoms with Crippen LogP contribution in [0.2, 0.25) is 0 Å². The Bertz CT molecular complexity index is 1230. The maximum Gasteiger partial charge on any atom is 0.130 e. The van der Waals surface area contributed by atoms with Crippen LogP contribution in [-0.2, 0) is 11.3 Å². The fourth-order valence-corrected chi connectivity index (χ4v) is 4.14. The van der Waals surface area contributed by atoms with E-state index in [2.05, 4.69) is 33.1 Å². The number of aromatic amines is 1. The molecule has 166 valence electrons. The molecule has 0 saturated carbocycles. The largest absolute Gasteiger partial charge is 0.389 e.